The third-order valence-corrected chi connectivity index (χ3v) is 7.11. The van der Waals surface area contributed by atoms with Gasteiger partial charge in [0.15, 0.2) is 0 Å². The Balaban J connectivity index is 2.18. The van der Waals surface area contributed by atoms with Gasteiger partial charge in [-0.3, -0.25) is 9.59 Å². The van der Waals surface area contributed by atoms with Gasteiger partial charge in [0.25, 0.3) is 0 Å². The van der Waals surface area contributed by atoms with E-state index in [4.69, 9.17) is 11.5 Å². The summed E-state index contributed by atoms with van der Waals surface area (Å²) in [5.41, 5.74) is 12.9. The average Bonchev–Trinajstić information content (AvgIpc) is 2.85. The fraction of sp³-hybridized carbons (Fsp3) is 0.704. The van der Waals surface area contributed by atoms with Crippen LogP contribution in [0, 0.1) is 5.92 Å². The lowest BCUT2D eigenvalue weighted by Crippen LogP contribution is -2.56. The summed E-state index contributed by atoms with van der Waals surface area (Å²) >= 11 is 0. The van der Waals surface area contributed by atoms with Crippen LogP contribution in [0.5, 0.6) is 0 Å². The van der Waals surface area contributed by atoms with Gasteiger partial charge in [-0.15, -0.1) is 0 Å². The van der Waals surface area contributed by atoms with Gasteiger partial charge in [-0.25, -0.2) is 0 Å². The lowest BCUT2D eigenvalue weighted by atomic mass is 9.92. The molecule has 5 N–H and O–H groups in total. The molecule has 1 saturated carbocycles. The number of carbonyl (C=O) groups is 2. The molecule has 0 saturated heterocycles. The van der Waals surface area contributed by atoms with Crippen molar-refractivity contribution in [3.05, 3.63) is 35.9 Å². The van der Waals surface area contributed by atoms with Crippen LogP contribution >= 0.6 is 0 Å². The Morgan fingerprint density at radius 2 is 1.73 bits per heavy atom. The smallest absolute Gasteiger partial charge is 0.245 e. The predicted molar refractivity (Wildman–Crippen MR) is 136 cm³/mol. The normalized spacial score (nSPS) is 17.2. The number of benzene rings is 1. The predicted octanol–water partition coefficient (Wildman–Crippen LogP) is 3.77. The number of amides is 2. The van der Waals surface area contributed by atoms with Crippen molar-refractivity contribution in [3.63, 3.8) is 0 Å². The Labute approximate surface area is 200 Å². The number of nitrogens with two attached hydrogens (primary N) is 2. The highest BCUT2D eigenvalue weighted by Crippen LogP contribution is 2.24. The van der Waals surface area contributed by atoms with E-state index in [0.717, 1.165) is 69.9 Å². The number of rotatable bonds is 14. The first kappa shape index (κ1) is 27.3. The first-order valence-electron chi connectivity index (χ1n) is 13.1. The summed E-state index contributed by atoms with van der Waals surface area (Å²) in [7, 11) is 0. The topological polar surface area (TPSA) is 101 Å². The van der Waals surface area contributed by atoms with E-state index in [1.165, 1.54) is 6.42 Å². The van der Waals surface area contributed by atoms with E-state index >= 15 is 0 Å². The van der Waals surface area contributed by atoms with Crippen molar-refractivity contribution >= 4 is 11.8 Å². The standard InChI is InChI=1S/C27H46N4O2/c1-3-21(2)25(29)26(32)30-24(20-22-14-8-6-9-15-22)27(33)31(19-13-5-4-12-18-28)23-16-10-7-11-17-23/h6,8-9,14-15,21,23-25H,3-5,7,10-13,16-20,28-29H2,1-2H3,(H,30,32)/t21?,24-,25+/m0/s1. The van der Waals surface area contributed by atoms with Crippen LogP contribution in [0.15, 0.2) is 30.3 Å². The molecule has 6 nitrogen and oxygen atoms in total. The van der Waals surface area contributed by atoms with Gasteiger partial charge in [0, 0.05) is 19.0 Å². The van der Waals surface area contributed by atoms with Gasteiger partial charge in [0.2, 0.25) is 11.8 Å². The minimum absolute atomic E-state index is 0.0364. The number of hydrogen-bond acceptors (Lipinski definition) is 4. The molecular formula is C27H46N4O2. The van der Waals surface area contributed by atoms with Gasteiger partial charge in [0.05, 0.1) is 6.04 Å². The van der Waals surface area contributed by atoms with Gasteiger partial charge in [-0.2, -0.15) is 0 Å². The molecule has 1 fully saturated rings. The minimum Gasteiger partial charge on any atom is -0.343 e. The zero-order valence-electron chi connectivity index (χ0n) is 20.8. The third kappa shape index (κ3) is 9.09. The molecule has 2 rings (SSSR count). The van der Waals surface area contributed by atoms with Crippen molar-refractivity contribution in [1.29, 1.82) is 0 Å². The molecular weight excluding hydrogens is 412 g/mol. The zero-order chi connectivity index (χ0) is 24.1. The molecule has 1 aliphatic carbocycles. The van der Waals surface area contributed by atoms with E-state index < -0.39 is 12.1 Å². The second-order valence-electron chi connectivity index (χ2n) is 9.69. The van der Waals surface area contributed by atoms with E-state index in [1.54, 1.807) is 0 Å². The van der Waals surface area contributed by atoms with E-state index in [2.05, 4.69) is 10.2 Å². The maximum absolute atomic E-state index is 13.9. The van der Waals surface area contributed by atoms with Gasteiger partial charge < -0.3 is 21.7 Å². The van der Waals surface area contributed by atoms with Crippen molar-refractivity contribution in [3.8, 4) is 0 Å². The summed E-state index contributed by atoms with van der Waals surface area (Å²) in [6, 6.07) is 8.99. The van der Waals surface area contributed by atoms with Gasteiger partial charge in [0.1, 0.15) is 6.04 Å². The quantitative estimate of drug-likeness (QED) is 0.369. The van der Waals surface area contributed by atoms with E-state index in [9.17, 15) is 9.59 Å². The molecule has 0 spiro atoms. The molecule has 6 heteroatoms. The molecule has 0 aliphatic heterocycles. The fourth-order valence-electron chi connectivity index (χ4n) is 4.68. The van der Waals surface area contributed by atoms with Crippen LogP contribution in [0.4, 0.5) is 0 Å². The number of nitrogens with one attached hydrogen (secondary N) is 1. The Morgan fingerprint density at radius 1 is 1.06 bits per heavy atom. The molecule has 1 aliphatic rings. The van der Waals surface area contributed by atoms with Crippen molar-refractivity contribution < 1.29 is 9.59 Å². The first-order chi connectivity index (χ1) is 16.0. The van der Waals surface area contributed by atoms with Crippen molar-refractivity contribution in [1.82, 2.24) is 10.2 Å². The second-order valence-corrected chi connectivity index (χ2v) is 9.69. The number of unbranched alkanes of at least 4 members (excludes halogenated alkanes) is 3. The van der Waals surface area contributed by atoms with Crippen LogP contribution in [-0.2, 0) is 16.0 Å². The highest BCUT2D eigenvalue weighted by molar-refractivity contribution is 5.90. The molecule has 1 aromatic rings. The second kappa shape index (κ2) is 15.1. The highest BCUT2D eigenvalue weighted by atomic mass is 16.2. The number of nitrogens with zero attached hydrogens (tertiary/aromatic N) is 1. The maximum atomic E-state index is 13.9. The average molecular weight is 459 g/mol. The summed E-state index contributed by atoms with van der Waals surface area (Å²) in [5.74, 6) is -0.131. The summed E-state index contributed by atoms with van der Waals surface area (Å²) < 4.78 is 0. The third-order valence-electron chi connectivity index (χ3n) is 7.11. The maximum Gasteiger partial charge on any atom is 0.245 e. The number of hydrogen-bond donors (Lipinski definition) is 3. The van der Waals surface area contributed by atoms with Crippen LogP contribution in [0.25, 0.3) is 0 Å². The molecule has 0 heterocycles. The fourth-order valence-corrected chi connectivity index (χ4v) is 4.68. The van der Waals surface area contributed by atoms with Crippen molar-refractivity contribution in [2.24, 2.45) is 17.4 Å². The molecule has 1 aromatic carbocycles. The largest absolute Gasteiger partial charge is 0.343 e. The van der Waals surface area contributed by atoms with Crippen molar-refractivity contribution in [2.75, 3.05) is 13.1 Å². The molecule has 2 amide bonds. The molecule has 186 valence electrons. The summed E-state index contributed by atoms with van der Waals surface area (Å²) in [4.78, 5) is 28.9. The summed E-state index contributed by atoms with van der Waals surface area (Å²) in [6.45, 7) is 5.47. The van der Waals surface area contributed by atoms with Crippen LogP contribution in [-0.4, -0.2) is 47.9 Å². The van der Waals surface area contributed by atoms with Crippen LogP contribution in [0.3, 0.4) is 0 Å². The molecule has 0 radical (unpaired) electrons. The summed E-state index contributed by atoms with van der Waals surface area (Å²) in [6.07, 6.45) is 11.1. The Hall–Kier alpha value is -1.92. The van der Waals surface area contributed by atoms with Gasteiger partial charge in [-0.05, 0) is 43.7 Å². The van der Waals surface area contributed by atoms with Crippen molar-refractivity contribution in [2.45, 2.75) is 103 Å². The zero-order valence-corrected chi connectivity index (χ0v) is 20.8. The monoisotopic (exact) mass is 458 g/mol. The highest BCUT2D eigenvalue weighted by Gasteiger charge is 2.33. The Bertz CT molecular complexity index is 691. The van der Waals surface area contributed by atoms with Crippen LogP contribution < -0.4 is 16.8 Å². The molecule has 33 heavy (non-hydrogen) atoms. The Kier molecular flexibility index (Phi) is 12.5. The minimum atomic E-state index is -0.611. The molecule has 0 bridgehead atoms. The van der Waals surface area contributed by atoms with Crippen LogP contribution in [0.1, 0.15) is 83.6 Å². The van der Waals surface area contributed by atoms with E-state index in [1.807, 2.05) is 44.2 Å². The van der Waals surface area contributed by atoms with Crippen LogP contribution in [0.2, 0.25) is 0 Å². The van der Waals surface area contributed by atoms with Gasteiger partial charge in [-0.1, -0.05) is 82.7 Å². The lowest BCUT2D eigenvalue weighted by molar-refractivity contribution is -0.139. The molecule has 1 unspecified atom stereocenters. The molecule has 0 aromatic heterocycles. The lowest BCUT2D eigenvalue weighted by Gasteiger charge is -2.37. The Morgan fingerprint density at radius 3 is 2.36 bits per heavy atom. The number of carbonyl (C=O) groups excluding carboxylic acids is 2. The van der Waals surface area contributed by atoms with E-state index in [0.29, 0.717) is 13.0 Å². The first-order valence-corrected chi connectivity index (χ1v) is 13.1. The van der Waals surface area contributed by atoms with E-state index in [-0.39, 0.29) is 23.8 Å². The molecule has 3 atom stereocenters. The SMILES string of the molecule is CCC(C)[C@@H](N)C(=O)N[C@@H](Cc1ccccc1)C(=O)N(CCCCCCN)C1CCCCC1. The summed E-state index contributed by atoms with van der Waals surface area (Å²) in [5, 5.41) is 3.04. The van der Waals surface area contributed by atoms with Gasteiger partial charge >= 0.3 is 0 Å².